The molecule has 1 aromatic rings. The summed E-state index contributed by atoms with van der Waals surface area (Å²) in [7, 11) is 0. The van der Waals surface area contributed by atoms with Gasteiger partial charge in [-0.05, 0) is 26.7 Å². The highest BCUT2D eigenvalue weighted by atomic mass is 15.3. The molecule has 3 heteroatoms. The fourth-order valence-electron chi connectivity index (χ4n) is 2.04. The molecule has 1 N–H and O–H groups in total. The molecule has 16 heavy (non-hydrogen) atoms. The normalized spacial score (nSPS) is 15.0. The van der Waals surface area contributed by atoms with E-state index < -0.39 is 0 Å². The molecule has 0 aromatic carbocycles. The van der Waals surface area contributed by atoms with Gasteiger partial charge in [-0.3, -0.25) is 4.68 Å². The third kappa shape index (κ3) is 3.63. The summed E-state index contributed by atoms with van der Waals surface area (Å²) in [6.07, 6.45) is 7.73. The number of aryl methyl sites for hydroxylation is 1. The van der Waals surface area contributed by atoms with Crippen LogP contribution in [0.25, 0.3) is 0 Å². The minimum absolute atomic E-state index is 0.446. The van der Waals surface area contributed by atoms with Crippen molar-refractivity contribution in [3.8, 4) is 0 Å². The van der Waals surface area contributed by atoms with Gasteiger partial charge in [0.2, 0.25) is 0 Å². The minimum Gasteiger partial charge on any atom is -0.307 e. The average molecular weight is 223 g/mol. The largest absolute Gasteiger partial charge is 0.307 e. The van der Waals surface area contributed by atoms with Crippen LogP contribution in [-0.2, 0) is 6.54 Å². The Labute approximate surface area is 99.2 Å². The molecule has 0 saturated heterocycles. The monoisotopic (exact) mass is 223 g/mol. The van der Waals surface area contributed by atoms with Crippen LogP contribution in [0.2, 0.25) is 0 Å². The fourth-order valence-corrected chi connectivity index (χ4v) is 2.04. The van der Waals surface area contributed by atoms with Gasteiger partial charge in [0, 0.05) is 30.4 Å². The zero-order valence-corrected chi connectivity index (χ0v) is 11.0. The fraction of sp³-hybridized carbons (Fsp3) is 0.769. The van der Waals surface area contributed by atoms with Crippen molar-refractivity contribution in [1.29, 1.82) is 0 Å². The number of hydrogen-bond donors (Lipinski definition) is 1. The molecule has 0 aliphatic heterocycles. The quantitative estimate of drug-likeness (QED) is 0.769. The maximum Gasteiger partial charge on any atom is 0.0537 e. The van der Waals surface area contributed by atoms with Crippen molar-refractivity contribution in [3.05, 3.63) is 18.0 Å². The first-order valence-electron chi connectivity index (χ1n) is 6.49. The second-order valence-electron chi connectivity index (χ2n) is 4.45. The van der Waals surface area contributed by atoms with Gasteiger partial charge >= 0.3 is 0 Å². The second kappa shape index (κ2) is 6.69. The molecule has 2 unspecified atom stereocenters. The van der Waals surface area contributed by atoms with Crippen LogP contribution in [0.5, 0.6) is 0 Å². The maximum absolute atomic E-state index is 4.33. The molecule has 2 atom stereocenters. The van der Waals surface area contributed by atoms with E-state index >= 15 is 0 Å². The lowest BCUT2D eigenvalue weighted by Crippen LogP contribution is -2.29. The van der Waals surface area contributed by atoms with Crippen molar-refractivity contribution < 1.29 is 0 Å². The van der Waals surface area contributed by atoms with E-state index in [9.17, 15) is 0 Å². The average Bonchev–Trinajstić information content (AvgIpc) is 2.74. The molecule has 1 heterocycles. The second-order valence-corrected chi connectivity index (χ2v) is 4.45. The highest BCUT2D eigenvalue weighted by Crippen LogP contribution is 2.17. The minimum atomic E-state index is 0.446. The first-order valence-corrected chi connectivity index (χ1v) is 6.49. The molecule has 0 fully saturated rings. The van der Waals surface area contributed by atoms with Crippen LogP contribution in [0.3, 0.4) is 0 Å². The van der Waals surface area contributed by atoms with E-state index in [0.29, 0.717) is 12.1 Å². The molecule has 0 bridgehead atoms. The van der Waals surface area contributed by atoms with Crippen molar-refractivity contribution in [2.75, 3.05) is 0 Å². The summed E-state index contributed by atoms with van der Waals surface area (Å²) in [6, 6.07) is 1.03. The lowest BCUT2D eigenvalue weighted by Gasteiger charge is -2.20. The third-order valence-corrected chi connectivity index (χ3v) is 3.00. The number of aromatic nitrogens is 2. The van der Waals surface area contributed by atoms with Gasteiger partial charge in [0.25, 0.3) is 0 Å². The molecule has 1 aromatic heterocycles. The molecule has 0 saturated carbocycles. The highest BCUT2D eigenvalue weighted by Gasteiger charge is 2.13. The van der Waals surface area contributed by atoms with Crippen LogP contribution in [0.4, 0.5) is 0 Å². The Hall–Kier alpha value is -0.830. The number of hydrogen-bond acceptors (Lipinski definition) is 2. The van der Waals surface area contributed by atoms with Gasteiger partial charge in [0.05, 0.1) is 6.20 Å². The van der Waals surface area contributed by atoms with Crippen LogP contribution >= 0.6 is 0 Å². The third-order valence-electron chi connectivity index (χ3n) is 3.00. The van der Waals surface area contributed by atoms with Gasteiger partial charge in [0.15, 0.2) is 0 Å². The van der Waals surface area contributed by atoms with E-state index in [1.807, 2.05) is 10.9 Å². The van der Waals surface area contributed by atoms with Crippen LogP contribution in [0, 0.1) is 0 Å². The maximum atomic E-state index is 4.33. The summed E-state index contributed by atoms with van der Waals surface area (Å²) >= 11 is 0. The van der Waals surface area contributed by atoms with Gasteiger partial charge in [-0.25, -0.2) is 0 Å². The van der Waals surface area contributed by atoms with Crippen molar-refractivity contribution in [2.45, 2.75) is 65.6 Å². The van der Waals surface area contributed by atoms with E-state index in [4.69, 9.17) is 0 Å². The van der Waals surface area contributed by atoms with Crippen LogP contribution < -0.4 is 5.32 Å². The summed E-state index contributed by atoms with van der Waals surface area (Å²) < 4.78 is 1.99. The molecule has 0 aliphatic carbocycles. The molecule has 92 valence electrons. The van der Waals surface area contributed by atoms with Crippen molar-refractivity contribution in [3.63, 3.8) is 0 Å². The number of rotatable bonds is 7. The van der Waals surface area contributed by atoms with Crippen molar-refractivity contribution in [2.24, 2.45) is 0 Å². The van der Waals surface area contributed by atoms with Gasteiger partial charge in [-0.1, -0.05) is 20.3 Å². The first-order chi connectivity index (χ1) is 7.71. The van der Waals surface area contributed by atoms with Gasteiger partial charge in [-0.15, -0.1) is 0 Å². The van der Waals surface area contributed by atoms with E-state index in [-0.39, 0.29) is 0 Å². The Bertz CT molecular complexity index is 293. The Morgan fingerprint density at radius 1 is 1.38 bits per heavy atom. The van der Waals surface area contributed by atoms with E-state index in [1.165, 1.54) is 18.4 Å². The summed E-state index contributed by atoms with van der Waals surface area (Å²) in [6.45, 7) is 9.77. The number of nitrogens with zero attached hydrogens (tertiary/aromatic N) is 2. The van der Waals surface area contributed by atoms with E-state index in [0.717, 1.165) is 13.0 Å². The molecular weight excluding hydrogens is 198 g/mol. The first kappa shape index (κ1) is 13.2. The van der Waals surface area contributed by atoms with E-state index in [2.05, 4.69) is 44.3 Å². The van der Waals surface area contributed by atoms with Crippen LogP contribution in [0.1, 0.15) is 58.6 Å². The Kier molecular flexibility index (Phi) is 5.53. The smallest absolute Gasteiger partial charge is 0.0537 e. The zero-order valence-electron chi connectivity index (χ0n) is 11.0. The van der Waals surface area contributed by atoms with Gasteiger partial charge in [-0.2, -0.15) is 5.10 Å². The van der Waals surface area contributed by atoms with Crippen LogP contribution in [0.15, 0.2) is 12.4 Å². The standard InChI is InChI=1S/C13H25N3/c1-5-8-11(4)15-13(6-2)12-9-14-16(7-3)10-12/h9-11,13,15H,5-8H2,1-4H3. The summed E-state index contributed by atoms with van der Waals surface area (Å²) in [5.41, 5.74) is 1.31. The predicted molar refractivity (Wildman–Crippen MR) is 68.4 cm³/mol. The molecule has 3 nitrogen and oxygen atoms in total. The zero-order chi connectivity index (χ0) is 12.0. The molecule has 0 amide bonds. The van der Waals surface area contributed by atoms with E-state index in [1.54, 1.807) is 0 Å². The Balaban J connectivity index is 2.59. The Morgan fingerprint density at radius 2 is 2.12 bits per heavy atom. The van der Waals surface area contributed by atoms with Gasteiger partial charge < -0.3 is 5.32 Å². The Morgan fingerprint density at radius 3 is 2.62 bits per heavy atom. The van der Waals surface area contributed by atoms with Gasteiger partial charge in [0.1, 0.15) is 0 Å². The van der Waals surface area contributed by atoms with Crippen molar-refractivity contribution >= 4 is 0 Å². The predicted octanol–water partition coefficient (Wildman–Crippen LogP) is 3.13. The topological polar surface area (TPSA) is 29.9 Å². The molecule has 0 aliphatic rings. The lowest BCUT2D eigenvalue weighted by molar-refractivity contribution is 0.424. The molecule has 0 spiro atoms. The summed E-state index contributed by atoms with van der Waals surface area (Å²) in [5.74, 6) is 0. The number of nitrogens with one attached hydrogen (secondary N) is 1. The molecule has 0 radical (unpaired) electrons. The SMILES string of the molecule is CCCC(C)NC(CC)c1cnn(CC)c1. The molecule has 1 rings (SSSR count). The van der Waals surface area contributed by atoms with Crippen molar-refractivity contribution in [1.82, 2.24) is 15.1 Å². The lowest BCUT2D eigenvalue weighted by atomic mass is 10.1. The highest BCUT2D eigenvalue weighted by molar-refractivity contribution is 5.10. The summed E-state index contributed by atoms with van der Waals surface area (Å²) in [5, 5.41) is 8.00. The molecular formula is C13H25N3. The summed E-state index contributed by atoms with van der Waals surface area (Å²) in [4.78, 5) is 0. The van der Waals surface area contributed by atoms with Crippen LogP contribution in [-0.4, -0.2) is 15.8 Å².